The van der Waals surface area contributed by atoms with Crippen molar-refractivity contribution in [1.29, 1.82) is 0 Å². The van der Waals surface area contributed by atoms with Gasteiger partial charge in [-0.25, -0.2) is 0 Å². The lowest BCUT2D eigenvalue weighted by Gasteiger charge is -2.12. The first-order chi connectivity index (χ1) is 22.8. The summed E-state index contributed by atoms with van der Waals surface area (Å²) in [5, 5.41) is 10.4. The predicted molar refractivity (Wildman–Crippen MR) is 198 cm³/mol. The van der Waals surface area contributed by atoms with Gasteiger partial charge in [-0.15, -0.1) is 0 Å². The van der Waals surface area contributed by atoms with Gasteiger partial charge in [0.1, 0.15) is 0 Å². The van der Waals surface area contributed by atoms with E-state index in [1.807, 2.05) is 0 Å². The van der Waals surface area contributed by atoms with Crippen LogP contribution in [0.5, 0.6) is 0 Å². The molecule has 9 rings (SSSR count). The Morgan fingerprint density at radius 1 is 0.174 bits per heavy atom. The van der Waals surface area contributed by atoms with E-state index in [0.717, 1.165) is 0 Å². The molecule has 0 aliphatic carbocycles. The third-order valence-electron chi connectivity index (χ3n) is 9.46. The molecule has 9 aromatic rings. The smallest absolute Gasteiger partial charge is 0.00928 e. The minimum Gasteiger partial charge on any atom is -0.0622 e. The highest BCUT2D eigenvalue weighted by Crippen LogP contribution is 2.37. The van der Waals surface area contributed by atoms with Crippen molar-refractivity contribution >= 4 is 43.1 Å². The van der Waals surface area contributed by atoms with Crippen molar-refractivity contribution < 1.29 is 0 Å². The Balaban J connectivity index is 1.00. The van der Waals surface area contributed by atoms with Crippen LogP contribution in [0.3, 0.4) is 0 Å². The third-order valence-corrected chi connectivity index (χ3v) is 9.46. The average Bonchev–Trinajstić information content (AvgIpc) is 3.15. The Kier molecular flexibility index (Phi) is 6.25. The lowest BCUT2D eigenvalue weighted by molar-refractivity contribution is 1.59. The van der Waals surface area contributed by atoms with Crippen LogP contribution in [-0.2, 0) is 0 Å². The zero-order chi connectivity index (χ0) is 30.5. The summed E-state index contributed by atoms with van der Waals surface area (Å²) >= 11 is 0. The topological polar surface area (TPSA) is 0 Å². The van der Waals surface area contributed by atoms with Gasteiger partial charge in [-0.1, -0.05) is 164 Å². The van der Waals surface area contributed by atoms with Crippen LogP contribution in [0.2, 0.25) is 0 Å². The van der Waals surface area contributed by atoms with Crippen LogP contribution in [-0.4, -0.2) is 0 Å². The van der Waals surface area contributed by atoms with E-state index >= 15 is 0 Å². The maximum absolute atomic E-state index is 2.36. The molecule has 0 fully saturated rings. The first kappa shape index (κ1) is 26.4. The molecule has 0 N–H and O–H groups in total. The molecule has 0 radical (unpaired) electrons. The molecule has 0 unspecified atom stereocenters. The van der Waals surface area contributed by atoms with E-state index in [2.05, 4.69) is 182 Å². The molecule has 46 heavy (non-hydrogen) atoms. The van der Waals surface area contributed by atoms with Crippen LogP contribution in [0.1, 0.15) is 0 Å². The van der Waals surface area contributed by atoms with Gasteiger partial charge in [-0.2, -0.15) is 0 Å². The lowest BCUT2D eigenvalue weighted by Crippen LogP contribution is -1.85. The second-order valence-corrected chi connectivity index (χ2v) is 12.1. The fraction of sp³-hybridized carbons (Fsp3) is 0. The summed E-state index contributed by atoms with van der Waals surface area (Å²) in [5.41, 5.74) is 9.87. The van der Waals surface area contributed by atoms with Gasteiger partial charge in [0.15, 0.2) is 0 Å². The van der Waals surface area contributed by atoms with Crippen LogP contribution < -0.4 is 0 Å². The zero-order valence-electron chi connectivity index (χ0n) is 25.3. The number of rotatable bonds is 4. The number of hydrogen-bond acceptors (Lipinski definition) is 0. The second-order valence-electron chi connectivity index (χ2n) is 12.1. The first-order valence-corrected chi connectivity index (χ1v) is 15.9. The molecule has 0 saturated carbocycles. The minimum atomic E-state index is 1.22. The molecule has 0 nitrogen and oxygen atoms in total. The Morgan fingerprint density at radius 2 is 0.478 bits per heavy atom. The van der Waals surface area contributed by atoms with Gasteiger partial charge < -0.3 is 0 Å². The molecule has 0 aromatic heterocycles. The molecule has 0 bridgehead atoms. The molecule has 0 heterocycles. The van der Waals surface area contributed by atoms with Gasteiger partial charge in [0.05, 0.1) is 0 Å². The van der Waals surface area contributed by atoms with Crippen molar-refractivity contribution in [3.63, 3.8) is 0 Å². The molecular formula is C46H30. The van der Waals surface area contributed by atoms with Crippen molar-refractivity contribution in [3.8, 4) is 44.5 Å². The van der Waals surface area contributed by atoms with Gasteiger partial charge in [-0.05, 0) is 106 Å². The summed E-state index contributed by atoms with van der Waals surface area (Å²) in [6.07, 6.45) is 0. The van der Waals surface area contributed by atoms with Crippen molar-refractivity contribution in [1.82, 2.24) is 0 Å². The molecule has 0 aliphatic rings. The highest BCUT2D eigenvalue weighted by atomic mass is 14.1. The van der Waals surface area contributed by atoms with Crippen LogP contribution in [0.15, 0.2) is 182 Å². The molecule has 214 valence electrons. The van der Waals surface area contributed by atoms with Gasteiger partial charge in [0, 0.05) is 0 Å². The van der Waals surface area contributed by atoms with Gasteiger partial charge in [-0.3, -0.25) is 0 Å². The Hall–Kier alpha value is -5.98. The standard InChI is InChI=1S/C46H30/c1-2-8-31(9-3-1)36-22-24-39-29-37(23-25-38(39)28-36)34-18-14-32(15-19-34)33-16-20-35(21-17-33)40-26-27-45-43-12-5-4-10-41(43)42-11-6-7-13-44(42)46(45)30-40/h1-30H. The molecule has 0 saturated heterocycles. The lowest BCUT2D eigenvalue weighted by atomic mass is 9.91. The van der Waals surface area contributed by atoms with E-state index in [1.165, 1.54) is 87.6 Å². The summed E-state index contributed by atoms with van der Waals surface area (Å²) in [5.74, 6) is 0. The van der Waals surface area contributed by atoms with E-state index in [1.54, 1.807) is 0 Å². The summed E-state index contributed by atoms with van der Waals surface area (Å²) in [7, 11) is 0. The van der Waals surface area contributed by atoms with Crippen LogP contribution >= 0.6 is 0 Å². The van der Waals surface area contributed by atoms with Gasteiger partial charge in [0.2, 0.25) is 0 Å². The molecular weight excluding hydrogens is 553 g/mol. The molecule has 0 amide bonds. The van der Waals surface area contributed by atoms with Crippen molar-refractivity contribution in [2.45, 2.75) is 0 Å². The molecule has 0 atom stereocenters. The van der Waals surface area contributed by atoms with Gasteiger partial charge >= 0.3 is 0 Å². The van der Waals surface area contributed by atoms with E-state index in [-0.39, 0.29) is 0 Å². The highest BCUT2D eigenvalue weighted by Gasteiger charge is 2.10. The van der Waals surface area contributed by atoms with Crippen molar-refractivity contribution in [2.24, 2.45) is 0 Å². The number of benzene rings is 9. The highest BCUT2D eigenvalue weighted by molar-refractivity contribution is 6.25. The van der Waals surface area contributed by atoms with Crippen LogP contribution in [0.4, 0.5) is 0 Å². The van der Waals surface area contributed by atoms with E-state index < -0.39 is 0 Å². The molecule has 0 aliphatic heterocycles. The predicted octanol–water partition coefficient (Wildman–Crippen LogP) is 13.0. The Bertz CT molecular complexity index is 2500. The average molecular weight is 583 g/mol. The fourth-order valence-electron chi connectivity index (χ4n) is 7.03. The SMILES string of the molecule is c1ccc(-c2ccc3cc(-c4ccc(-c5ccc(-c6ccc7c8ccccc8c8ccccc8c7c6)cc5)cc4)ccc3c2)cc1. The van der Waals surface area contributed by atoms with Crippen molar-refractivity contribution in [3.05, 3.63) is 182 Å². The van der Waals surface area contributed by atoms with Gasteiger partial charge in [0.25, 0.3) is 0 Å². The molecule has 0 spiro atoms. The Labute approximate surface area is 268 Å². The Morgan fingerprint density at radius 3 is 0.957 bits per heavy atom. The van der Waals surface area contributed by atoms with Crippen LogP contribution in [0, 0.1) is 0 Å². The monoisotopic (exact) mass is 582 g/mol. The fourth-order valence-corrected chi connectivity index (χ4v) is 7.03. The largest absolute Gasteiger partial charge is 0.0622 e. The maximum Gasteiger partial charge on any atom is -0.00928 e. The first-order valence-electron chi connectivity index (χ1n) is 15.9. The van der Waals surface area contributed by atoms with Crippen LogP contribution in [0.25, 0.3) is 87.6 Å². The van der Waals surface area contributed by atoms with E-state index in [0.29, 0.717) is 0 Å². The maximum atomic E-state index is 2.36. The number of hydrogen-bond donors (Lipinski definition) is 0. The zero-order valence-corrected chi connectivity index (χ0v) is 25.3. The molecule has 0 heteroatoms. The van der Waals surface area contributed by atoms with Crippen molar-refractivity contribution in [2.75, 3.05) is 0 Å². The summed E-state index contributed by atoms with van der Waals surface area (Å²) in [4.78, 5) is 0. The third kappa shape index (κ3) is 4.55. The number of fused-ring (bicyclic) bond motifs is 7. The second kappa shape index (κ2) is 10.9. The summed E-state index contributed by atoms with van der Waals surface area (Å²) in [6.45, 7) is 0. The molecule has 9 aromatic carbocycles. The summed E-state index contributed by atoms with van der Waals surface area (Å²) in [6, 6.07) is 66.4. The summed E-state index contributed by atoms with van der Waals surface area (Å²) < 4.78 is 0. The van der Waals surface area contributed by atoms with E-state index in [4.69, 9.17) is 0 Å². The quantitative estimate of drug-likeness (QED) is 0.181. The normalized spacial score (nSPS) is 11.5. The minimum absolute atomic E-state index is 1.22. The van der Waals surface area contributed by atoms with E-state index in [9.17, 15) is 0 Å².